The molecule has 0 atom stereocenters. The molecule has 6 heteroatoms. The van der Waals surface area contributed by atoms with E-state index < -0.39 is 0 Å². The molecule has 0 spiro atoms. The van der Waals surface area contributed by atoms with Crippen LogP contribution in [0.1, 0.15) is 26.8 Å². The second kappa shape index (κ2) is 5.94. The highest BCUT2D eigenvalue weighted by molar-refractivity contribution is 7.21. The third-order valence-corrected chi connectivity index (χ3v) is 4.77. The lowest BCUT2D eigenvalue weighted by molar-refractivity contribution is 0.0959. The molecule has 0 aliphatic rings. The van der Waals surface area contributed by atoms with Gasteiger partial charge in [0.25, 0.3) is 5.91 Å². The summed E-state index contributed by atoms with van der Waals surface area (Å²) in [4.78, 5) is 12.6. The monoisotopic (exact) mass is 332 g/mol. The molecule has 22 heavy (non-hydrogen) atoms. The molecular weight excluding hydrogens is 320 g/mol. The molecule has 1 aromatic carbocycles. The molecule has 0 aliphatic carbocycles. The van der Waals surface area contributed by atoms with Gasteiger partial charge in [0.2, 0.25) is 0 Å². The number of amides is 1. The Hall–Kier alpha value is -2.11. The van der Waals surface area contributed by atoms with Gasteiger partial charge in [-0.2, -0.15) is 5.10 Å². The SMILES string of the molecule is Cc1ccc2c(Cl)c(C(=O)NN=Cc3ccc(C)o3)sc2c1. The maximum Gasteiger partial charge on any atom is 0.283 e. The van der Waals surface area contributed by atoms with Crippen molar-refractivity contribution in [3.8, 4) is 0 Å². The van der Waals surface area contributed by atoms with Crippen molar-refractivity contribution >= 4 is 45.1 Å². The van der Waals surface area contributed by atoms with Crippen molar-refractivity contribution in [2.24, 2.45) is 5.10 Å². The van der Waals surface area contributed by atoms with Gasteiger partial charge in [-0.15, -0.1) is 11.3 Å². The summed E-state index contributed by atoms with van der Waals surface area (Å²) in [6, 6.07) is 9.52. The number of nitrogens with one attached hydrogen (secondary N) is 1. The fraction of sp³-hybridized carbons (Fsp3) is 0.125. The minimum atomic E-state index is -0.330. The van der Waals surface area contributed by atoms with Gasteiger partial charge >= 0.3 is 0 Å². The van der Waals surface area contributed by atoms with Gasteiger partial charge in [0.05, 0.1) is 11.2 Å². The molecule has 2 aromatic heterocycles. The van der Waals surface area contributed by atoms with Gasteiger partial charge in [-0.1, -0.05) is 23.7 Å². The Kier molecular flexibility index (Phi) is 4.00. The van der Waals surface area contributed by atoms with Crippen LogP contribution in [-0.4, -0.2) is 12.1 Å². The first-order chi connectivity index (χ1) is 10.5. The van der Waals surface area contributed by atoms with Gasteiger partial charge in [-0.3, -0.25) is 4.79 Å². The average molecular weight is 333 g/mol. The van der Waals surface area contributed by atoms with Gasteiger partial charge in [-0.25, -0.2) is 5.43 Å². The number of rotatable bonds is 3. The summed E-state index contributed by atoms with van der Waals surface area (Å²) >= 11 is 7.64. The Morgan fingerprint density at radius 2 is 2.14 bits per heavy atom. The lowest BCUT2D eigenvalue weighted by atomic mass is 10.2. The van der Waals surface area contributed by atoms with E-state index in [1.807, 2.05) is 38.1 Å². The average Bonchev–Trinajstić information content (AvgIpc) is 3.03. The number of fused-ring (bicyclic) bond motifs is 1. The summed E-state index contributed by atoms with van der Waals surface area (Å²) < 4.78 is 6.32. The summed E-state index contributed by atoms with van der Waals surface area (Å²) in [6.07, 6.45) is 1.45. The van der Waals surface area contributed by atoms with Crippen LogP contribution in [0.15, 0.2) is 39.9 Å². The Balaban J connectivity index is 1.80. The van der Waals surface area contributed by atoms with E-state index >= 15 is 0 Å². The summed E-state index contributed by atoms with van der Waals surface area (Å²) in [5.41, 5.74) is 3.60. The fourth-order valence-electron chi connectivity index (χ4n) is 2.05. The maximum absolute atomic E-state index is 12.2. The van der Waals surface area contributed by atoms with Crippen molar-refractivity contribution in [2.75, 3.05) is 0 Å². The zero-order valence-corrected chi connectivity index (χ0v) is 13.6. The highest BCUT2D eigenvalue weighted by Gasteiger charge is 2.16. The van der Waals surface area contributed by atoms with E-state index in [1.54, 1.807) is 6.07 Å². The highest BCUT2D eigenvalue weighted by Crippen LogP contribution is 2.35. The zero-order chi connectivity index (χ0) is 15.7. The lowest BCUT2D eigenvalue weighted by Gasteiger charge is -1.96. The number of hydrogen-bond acceptors (Lipinski definition) is 4. The Labute approximate surface area is 136 Å². The molecular formula is C16H13ClN2O2S. The largest absolute Gasteiger partial charge is 0.460 e. The summed E-state index contributed by atoms with van der Waals surface area (Å²) in [5.74, 6) is 1.04. The second-order valence-electron chi connectivity index (χ2n) is 4.89. The van der Waals surface area contributed by atoms with E-state index in [0.717, 1.165) is 21.4 Å². The molecule has 0 unspecified atom stereocenters. The van der Waals surface area contributed by atoms with Crippen LogP contribution >= 0.6 is 22.9 Å². The first kappa shape index (κ1) is 14.8. The first-order valence-electron chi connectivity index (χ1n) is 6.63. The molecule has 0 saturated heterocycles. The van der Waals surface area contributed by atoms with Crippen LogP contribution in [0.25, 0.3) is 10.1 Å². The molecule has 3 aromatic rings. The van der Waals surface area contributed by atoms with E-state index in [2.05, 4.69) is 10.5 Å². The van der Waals surface area contributed by atoms with E-state index in [0.29, 0.717) is 15.7 Å². The lowest BCUT2D eigenvalue weighted by Crippen LogP contribution is -2.16. The van der Waals surface area contributed by atoms with Crippen molar-refractivity contribution < 1.29 is 9.21 Å². The predicted molar refractivity (Wildman–Crippen MR) is 90.1 cm³/mol. The Morgan fingerprint density at radius 1 is 1.32 bits per heavy atom. The summed E-state index contributed by atoms with van der Waals surface area (Å²) in [7, 11) is 0. The van der Waals surface area contributed by atoms with E-state index in [4.69, 9.17) is 16.0 Å². The van der Waals surface area contributed by atoms with Crippen molar-refractivity contribution in [1.29, 1.82) is 0 Å². The smallest absolute Gasteiger partial charge is 0.283 e. The minimum absolute atomic E-state index is 0.330. The van der Waals surface area contributed by atoms with Crippen molar-refractivity contribution in [1.82, 2.24) is 5.43 Å². The van der Waals surface area contributed by atoms with Crippen LogP contribution in [0.4, 0.5) is 0 Å². The normalized spacial score (nSPS) is 11.4. The van der Waals surface area contributed by atoms with E-state index in [9.17, 15) is 4.79 Å². The first-order valence-corrected chi connectivity index (χ1v) is 7.82. The summed E-state index contributed by atoms with van der Waals surface area (Å²) in [6.45, 7) is 3.84. The molecule has 3 rings (SSSR count). The quantitative estimate of drug-likeness (QED) is 0.566. The molecule has 1 amide bonds. The maximum atomic E-state index is 12.2. The number of carbonyl (C=O) groups is 1. The molecule has 0 aliphatic heterocycles. The van der Waals surface area contributed by atoms with E-state index in [1.165, 1.54) is 17.6 Å². The number of benzene rings is 1. The molecule has 4 nitrogen and oxygen atoms in total. The van der Waals surface area contributed by atoms with Crippen LogP contribution in [0, 0.1) is 13.8 Å². The molecule has 1 N–H and O–H groups in total. The number of hydrazone groups is 1. The number of halogens is 1. The number of nitrogens with zero attached hydrogens (tertiary/aromatic N) is 1. The third-order valence-electron chi connectivity index (χ3n) is 3.11. The van der Waals surface area contributed by atoms with Crippen LogP contribution in [0.3, 0.4) is 0 Å². The Morgan fingerprint density at radius 3 is 2.86 bits per heavy atom. The third kappa shape index (κ3) is 2.91. The van der Waals surface area contributed by atoms with Gasteiger partial charge in [0, 0.05) is 10.1 Å². The van der Waals surface area contributed by atoms with Crippen molar-refractivity contribution in [3.05, 3.63) is 57.3 Å². The molecule has 0 radical (unpaired) electrons. The molecule has 112 valence electrons. The van der Waals surface area contributed by atoms with Crippen molar-refractivity contribution in [2.45, 2.75) is 13.8 Å². The zero-order valence-electron chi connectivity index (χ0n) is 12.0. The van der Waals surface area contributed by atoms with Gasteiger partial charge in [-0.05, 0) is 37.6 Å². The molecule has 0 saturated carbocycles. The van der Waals surface area contributed by atoms with Crippen LogP contribution in [0.5, 0.6) is 0 Å². The fourth-order valence-corrected chi connectivity index (χ4v) is 3.55. The van der Waals surface area contributed by atoms with E-state index in [-0.39, 0.29) is 5.91 Å². The van der Waals surface area contributed by atoms with Gasteiger partial charge in [0.15, 0.2) is 0 Å². The van der Waals surface area contributed by atoms with Crippen LogP contribution in [-0.2, 0) is 0 Å². The number of aryl methyl sites for hydroxylation is 2. The van der Waals surface area contributed by atoms with Crippen LogP contribution < -0.4 is 5.43 Å². The van der Waals surface area contributed by atoms with Crippen molar-refractivity contribution in [3.63, 3.8) is 0 Å². The van der Waals surface area contributed by atoms with Gasteiger partial charge in [0.1, 0.15) is 16.4 Å². The molecule has 2 heterocycles. The molecule has 0 bridgehead atoms. The summed E-state index contributed by atoms with van der Waals surface area (Å²) in [5, 5.41) is 5.23. The Bertz CT molecular complexity index is 880. The number of hydrogen-bond donors (Lipinski definition) is 1. The number of thiophene rings is 1. The predicted octanol–water partition coefficient (Wildman–Crippen LogP) is 4.53. The minimum Gasteiger partial charge on any atom is -0.460 e. The second-order valence-corrected chi connectivity index (χ2v) is 6.32. The highest BCUT2D eigenvalue weighted by atomic mass is 35.5. The standard InChI is InChI=1S/C16H13ClN2O2S/c1-9-3-6-12-13(7-9)22-15(14(12)17)16(20)19-18-8-11-5-4-10(2)21-11/h3-8H,1-2H3,(H,19,20). The van der Waals surface area contributed by atoms with Crippen LogP contribution in [0.2, 0.25) is 5.02 Å². The number of carbonyl (C=O) groups excluding carboxylic acids is 1. The number of furan rings is 1. The topological polar surface area (TPSA) is 54.6 Å². The molecule has 0 fully saturated rings. The van der Waals surface area contributed by atoms with Gasteiger partial charge < -0.3 is 4.42 Å².